The van der Waals surface area contributed by atoms with E-state index in [9.17, 15) is 0 Å². The summed E-state index contributed by atoms with van der Waals surface area (Å²) >= 11 is 3.72. The summed E-state index contributed by atoms with van der Waals surface area (Å²) in [6, 6.07) is 0. The number of aliphatic imine (C=N–C) groups is 1. The lowest BCUT2D eigenvalue weighted by Gasteiger charge is -2.28. The molecule has 17 heavy (non-hydrogen) atoms. The Balaban J connectivity index is 1.96. The lowest BCUT2D eigenvalue weighted by molar-refractivity contribution is 0.249. The smallest absolute Gasteiger partial charge is 0.189 e. The van der Waals surface area contributed by atoms with Crippen LogP contribution in [0.3, 0.4) is 0 Å². The van der Waals surface area contributed by atoms with Crippen molar-refractivity contribution >= 4 is 21.8 Å². The van der Waals surface area contributed by atoms with E-state index in [4.69, 9.17) is 4.74 Å². The highest BCUT2D eigenvalue weighted by Crippen LogP contribution is 2.41. The van der Waals surface area contributed by atoms with Gasteiger partial charge in [0.1, 0.15) is 0 Å². The van der Waals surface area contributed by atoms with E-state index in [0.29, 0.717) is 5.92 Å². The zero-order valence-electron chi connectivity index (χ0n) is 10.0. The number of rotatable bonds is 1. The van der Waals surface area contributed by atoms with Gasteiger partial charge in [0.05, 0.1) is 5.70 Å². The van der Waals surface area contributed by atoms with Gasteiger partial charge in [-0.25, -0.2) is 4.99 Å². The van der Waals surface area contributed by atoms with E-state index in [0.717, 1.165) is 37.5 Å². The molecule has 0 saturated carbocycles. The Bertz CT molecular complexity index is 425. The van der Waals surface area contributed by atoms with Crippen LogP contribution in [0.4, 0.5) is 0 Å². The minimum Gasteiger partial charge on any atom is -0.466 e. The van der Waals surface area contributed by atoms with Crippen molar-refractivity contribution in [1.82, 2.24) is 5.32 Å². The number of halogens is 1. The first-order valence-corrected chi connectivity index (χ1v) is 7.12. The maximum atomic E-state index is 5.98. The second-order valence-corrected chi connectivity index (χ2v) is 5.70. The number of hydrogen-bond acceptors (Lipinski definition) is 3. The summed E-state index contributed by atoms with van der Waals surface area (Å²) in [6.07, 6.45) is 5.50. The fraction of sp³-hybridized carbons (Fsp3) is 0.615. The summed E-state index contributed by atoms with van der Waals surface area (Å²) < 4.78 is 7.24. The topological polar surface area (TPSA) is 33.6 Å². The van der Waals surface area contributed by atoms with Crippen LogP contribution < -0.4 is 5.32 Å². The zero-order chi connectivity index (χ0) is 11.8. The monoisotopic (exact) mass is 296 g/mol. The Morgan fingerprint density at radius 3 is 3.29 bits per heavy atom. The Hall–Kier alpha value is -0.610. The predicted octanol–water partition coefficient (Wildman–Crippen LogP) is 2.74. The first-order chi connectivity index (χ1) is 8.29. The molecule has 2 heterocycles. The molecular weight excluding hydrogens is 280 g/mol. The molecule has 2 unspecified atom stereocenters. The van der Waals surface area contributed by atoms with Crippen molar-refractivity contribution in [2.75, 3.05) is 13.1 Å². The van der Waals surface area contributed by atoms with Crippen LogP contribution in [0.25, 0.3) is 0 Å². The summed E-state index contributed by atoms with van der Waals surface area (Å²) in [7, 11) is 0. The third kappa shape index (κ3) is 1.97. The van der Waals surface area contributed by atoms with Crippen molar-refractivity contribution in [2.24, 2.45) is 10.9 Å². The van der Waals surface area contributed by atoms with Gasteiger partial charge in [-0.15, -0.1) is 0 Å². The molecule has 0 aromatic carbocycles. The summed E-state index contributed by atoms with van der Waals surface area (Å²) in [5.41, 5.74) is 2.53. The second-order valence-electron chi connectivity index (χ2n) is 4.74. The van der Waals surface area contributed by atoms with Gasteiger partial charge in [0.2, 0.25) is 0 Å². The Morgan fingerprint density at radius 1 is 1.59 bits per heavy atom. The van der Waals surface area contributed by atoms with Gasteiger partial charge in [-0.1, -0.05) is 28.9 Å². The van der Waals surface area contributed by atoms with Gasteiger partial charge < -0.3 is 10.1 Å². The number of nitrogens with zero attached hydrogens (tertiary/aromatic N) is 1. The highest BCUT2D eigenvalue weighted by atomic mass is 79.9. The van der Waals surface area contributed by atoms with Crippen LogP contribution in [-0.2, 0) is 4.74 Å². The van der Waals surface area contributed by atoms with Crippen molar-refractivity contribution in [3.8, 4) is 0 Å². The van der Waals surface area contributed by atoms with E-state index in [-0.39, 0.29) is 6.10 Å². The molecule has 92 valence electrons. The van der Waals surface area contributed by atoms with Gasteiger partial charge in [0, 0.05) is 17.4 Å². The Kier molecular flexibility index (Phi) is 3.09. The lowest BCUT2D eigenvalue weighted by atomic mass is 9.83. The van der Waals surface area contributed by atoms with Crippen molar-refractivity contribution in [2.45, 2.75) is 32.3 Å². The number of fused-ring (bicyclic) bond motifs is 3. The summed E-state index contributed by atoms with van der Waals surface area (Å²) in [5, 5.41) is 3.44. The maximum Gasteiger partial charge on any atom is 0.189 e. The first kappa shape index (κ1) is 11.5. The largest absolute Gasteiger partial charge is 0.466 e. The fourth-order valence-corrected chi connectivity index (χ4v) is 3.51. The molecule has 3 nitrogen and oxygen atoms in total. The van der Waals surface area contributed by atoms with E-state index < -0.39 is 0 Å². The van der Waals surface area contributed by atoms with Crippen LogP contribution in [0.15, 0.2) is 26.8 Å². The van der Waals surface area contributed by atoms with Gasteiger partial charge in [0.25, 0.3) is 0 Å². The summed E-state index contributed by atoms with van der Waals surface area (Å²) in [6.45, 7) is 4.09. The SMILES string of the molecule is CCC1=NC2=CCC3CCNCC(Br)=C3C2O1. The van der Waals surface area contributed by atoms with Crippen LogP contribution in [0.2, 0.25) is 0 Å². The first-order valence-electron chi connectivity index (χ1n) is 6.33. The molecule has 0 aromatic heterocycles. The molecule has 0 bridgehead atoms. The number of nitrogens with one attached hydrogen (secondary N) is 1. The van der Waals surface area contributed by atoms with Gasteiger partial charge in [-0.2, -0.15) is 0 Å². The van der Waals surface area contributed by atoms with Crippen molar-refractivity contribution in [3.05, 3.63) is 21.8 Å². The van der Waals surface area contributed by atoms with E-state index in [1.54, 1.807) is 0 Å². The molecular formula is C13H17BrN2O. The van der Waals surface area contributed by atoms with Crippen LogP contribution in [0, 0.1) is 5.92 Å². The molecule has 0 radical (unpaired) electrons. The average molecular weight is 297 g/mol. The van der Waals surface area contributed by atoms with Gasteiger partial charge in [0.15, 0.2) is 12.0 Å². The molecule has 1 N–H and O–H groups in total. The highest BCUT2D eigenvalue weighted by molar-refractivity contribution is 9.11. The minimum atomic E-state index is 0.0815. The number of allylic oxidation sites excluding steroid dienone is 1. The van der Waals surface area contributed by atoms with Crippen molar-refractivity contribution in [3.63, 3.8) is 0 Å². The number of hydrogen-bond donors (Lipinski definition) is 1. The molecule has 1 aliphatic carbocycles. The molecule has 0 spiro atoms. The fourth-order valence-electron chi connectivity index (χ4n) is 2.78. The quantitative estimate of drug-likeness (QED) is 0.807. The van der Waals surface area contributed by atoms with E-state index in [1.807, 2.05) is 0 Å². The van der Waals surface area contributed by atoms with Crippen LogP contribution in [0.5, 0.6) is 0 Å². The van der Waals surface area contributed by atoms with Gasteiger partial charge in [-0.3, -0.25) is 0 Å². The normalized spacial score (nSPS) is 32.1. The second kappa shape index (κ2) is 4.58. The van der Waals surface area contributed by atoms with Crippen molar-refractivity contribution < 1.29 is 4.74 Å². The standard InChI is InChI=1S/C13H17BrN2O/c1-2-11-16-10-4-3-8-5-6-15-7-9(14)12(8)13(10)17-11/h4,8,13,15H,2-3,5-7H2,1H3. The van der Waals surface area contributed by atoms with E-state index in [2.05, 4.69) is 39.2 Å². The lowest BCUT2D eigenvalue weighted by Crippen LogP contribution is -2.25. The Labute approximate surface area is 110 Å². The predicted molar refractivity (Wildman–Crippen MR) is 72.2 cm³/mol. The molecule has 0 amide bonds. The molecule has 2 atom stereocenters. The molecule has 0 saturated heterocycles. The maximum absolute atomic E-state index is 5.98. The average Bonchev–Trinajstić information content (AvgIpc) is 2.67. The van der Waals surface area contributed by atoms with E-state index >= 15 is 0 Å². The molecule has 0 fully saturated rings. The molecule has 0 aromatic rings. The molecule has 3 rings (SSSR count). The molecule has 2 aliphatic heterocycles. The van der Waals surface area contributed by atoms with Crippen LogP contribution >= 0.6 is 15.9 Å². The van der Waals surface area contributed by atoms with Gasteiger partial charge in [-0.05, 0) is 30.9 Å². The summed E-state index contributed by atoms with van der Waals surface area (Å²) in [5.74, 6) is 1.49. The summed E-state index contributed by atoms with van der Waals surface area (Å²) in [4.78, 5) is 4.56. The minimum absolute atomic E-state index is 0.0815. The molecule has 3 aliphatic rings. The van der Waals surface area contributed by atoms with E-state index in [1.165, 1.54) is 16.5 Å². The van der Waals surface area contributed by atoms with Crippen LogP contribution in [-0.4, -0.2) is 25.1 Å². The number of ether oxygens (including phenoxy) is 1. The third-order valence-corrected chi connectivity index (χ3v) is 4.41. The van der Waals surface area contributed by atoms with Crippen LogP contribution in [0.1, 0.15) is 26.2 Å². The zero-order valence-corrected chi connectivity index (χ0v) is 11.6. The highest BCUT2D eigenvalue weighted by Gasteiger charge is 2.37. The van der Waals surface area contributed by atoms with Crippen molar-refractivity contribution in [1.29, 1.82) is 0 Å². The third-order valence-electron chi connectivity index (χ3n) is 3.68. The van der Waals surface area contributed by atoms with Gasteiger partial charge >= 0.3 is 0 Å². The molecule has 4 heteroatoms. The Morgan fingerprint density at radius 2 is 2.47 bits per heavy atom.